The van der Waals surface area contributed by atoms with Crippen LogP contribution in [-0.2, 0) is 23.3 Å². The normalized spacial score (nSPS) is 16.0. The van der Waals surface area contributed by atoms with Crippen LogP contribution in [0.3, 0.4) is 0 Å². The third-order valence-electron chi connectivity index (χ3n) is 5.38. The average Bonchev–Trinajstić information content (AvgIpc) is 3.22. The molecule has 3 amide bonds. The first-order valence-corrected chi connectivity index (χ1v) is 9.56. The van der Waals surface area contributed by atoms with Crippen molar-refractivity contribution in [3.05, 3.63) is 56.9 Å². The number of non-ortho nitro benzene ring substituents is 1. The predicted molar refractivity (Wildman–Crippen MR) is 105 cm³/mol. The average molecular weight is 411 g/mol. The number of rotatable bonds is 3. The summed E-state index contributed by atoms with van der Waals surface area (Å²) in [5, 5.41) is 15.4. The summed E-state index contributed by atoms with van der Waals surface area (Å²) in [5.74, 6) is -1.66. The fraction of sp³-hybridized carbons (Fsp3) is 0.400. The lowest BCUT2D eigenvalue weighted by molar-refractivity contribution is -0.384. The highest BCUT2D eigenvalue weighted by Crippen LogP contribution is 2.28. The third-order valence-corrected chi connectivity index (χ3v) is 5.38. The highest BCUT2D eigenvalue weighted by Gasteiger charge is 2.39. The molecule has 30 heavy (non-hydrogen) atoms. The van der Waals surface area contributed by atoms with Gasteiger partial charge in [0.1, 0.15) is 6.54 Å². The van der Waals surface area contributed by atoms with Crippen molar-refractivity contribution in [3.8, 4) is 0 Å². The van der Waals surface area contributed by atoms with E-state index >= 15 is 0 Å². The van der Waals surface area contributed by atoms with Crippen LogP contribution in [0.2, 0.25) is 0 Å². The SMILES string of the molecule is CC(C)(C)n1ncc2c1CCN(C(=O)CN1C(=O)c3ccc([N+](=O)[O-])cc3C1=O)C2. The van der Waals surface area contributed by atoms with Gasteiger partial charge in [0.05, 0.1) is 27.8 Å². The predicted octanol–water partition coefficient (Wildman–Crippen LogP) is 1.73. The Morgan fingerprint density at radius 3 is 2.57 bits per heavy atom. The molecule has 0 fully saturated rings. The van der Waals surface area contributed by atoms with Gasteiger partial charge in [-0.2, -0.15) is 5.10 Å². The highest BCUT2D eigenvalue weighted by molar-refractivity contribution is 6.22. The number of nitro groups is 1. The molecule has 0 atom stereocenters. The molecule has 0 unspecified atom stereocenters. The second-order valence-electron chi connectivity index (χ2n) is 8.45. The van der Waals surface area contributed by atoms with Crippen molar-refractivity contribution >= 4 is 23.4 Å². The van der Waals surface area contributed by atoms with Crippen molar-refractivity contribution in [3.63, 3.8) is 0 Å². The summed E-state index contributed by atoms with van der Waals surface area (Å²) in [7, 11) is 0. The number of benzene rings is 1. The van der Waals surface area contributed by atoms with Crippen molar-refractivity contribution in [2.75, 3.05) is 13.1 Å². The van der Waals surface area contributed by atoms with Gasteiger partial charge >= 0.3 is 0 Å². The van der Waals surface area contributed by atoms with Gasteiger partial charge in [0.2, 0.25) is 5.91 Å². The molecular weight excluding hydrogens is 390 g/mol. The zero-order valence-corrected chi connectivity index (χ0v) is 16.9. The van der Waals surface area contributed by atoms with Crippen molar-refractivity contribution in [2.24, 2.45) is 0 Å². The van der Waals surface area contributed by atoms with Gasteiger partial charge in [0.25, 0.3) is 17.5 Å². The summed E-state index contributed by atoms with van der Waals surface area (Å²) >= 11 is 0. The molecule has 0 N–H and O–H groups in total. The number of hydrogen-bond donors (Lipinski definition) is 0. The molecule has 0 saturated heterocycles. The molecule has 0 bridgehead atoms. The summed E-state index contributed by atoms with van der Waals surface area (Å²) < 4.78 is 1.96. The zero-order valence-electron chi connectivity index (χ0n) is 16.9. The number of nitrogens with zero attached hydrogens (tertiary/aromatic N) is 5. The summed E-state index contributed by atoms with van der Waals surface area (Å²) in [5.41, 5.74) is 1.62. The van der Waals surface area contributed by atoms with Crippen LogP contribution >= 0.6 is 0 Å². The molecule has 2 aliphatic heterocycles. The smallest absolute Gasteiger partial charge is 0.270 e. The number of imide groups is 1. The van der Waals surface area contributed by atoms with E-state index in [1.807, 2.05) is 4.68 Å². The molecular formula is C20H21N5O5. The van der Waals surface area contributed by atoms with Crippen molar-refractivity contribution in [2.45, 2.75) is 39.3 Å². The number of nitro benzene ring substituents is 1. The molecule has 2 aliphatic rings. The van der Waals surface area contributed by atoms with Gasteiger partial charge in [-0.15, -0.1) is 0 Å². The lowest BCUT2D eigenvalue weighted by Crippen LogP contribution is -2.44. The van der Waals surface area contributed by atoms with Gasteiger partial charge in [0, 0.05) is 42.9 Å². The van der Waals surface area contributed by atoms with Crippen LogP contribution in [0.25, 0.3) is 0 Å². The Hall–Kier alpha value is -3.56. The number of fused-ring (bicyclic) bond motifs is 2. The number of carbonyl (C=O) groups is 3. The molecule has 10 heteroatoms. The second-order valence-corrected chi connectivity index (χ2v) is 8.45. The van der Waals surface area contributed by atoms with E-state index in [1.165, 1.54) is 12.1 Å². The maximum absolute atomic E-state index is 12.8. The topological polar surface area (TPSA) is 119 Å². The summed E-state index contributed by atoms with van der Waals surface area (Å²) in [4.78, 5) is 50.8. The first-order chi connectivity index (χ1) is 14.1. The summed E-state index contributed by atoms with van der Waals surface area (Å²) in [6.45, 7) is 6.60. The van der Waals surface area contributed by atoms with E-state index in [4.69, 9.17) is 0 Å². The van der Waals surface area contributed by atoms with E-state index in [9.17, 15) is 24.5 Å². The van der Waals surface area contributed by atoms with Crippen LogP contribution in [0.4, 0.5) is 5.69 Å². The lowest BCUT2D eigenvalue weighted by Gasteiger charge is -2.31. The first-order valence-electron chi connectivity index (χ1n) is 9.56. The zero-order chi connectivity index (χ0) is 21.8. The highest BCUT2D eigenvalue weighted by atomic mass is 16.6. The Kier molecular flexibility index (Phi) is 4.44. The Labute approximate surface area is 172 Å². The third kappa shape index (κ3) is 3.14. The molecule has 1 aromatic heterocycles. The molecule has 0 spiro atoms. The largest absolute Gasteiger partial charge is 0.336 e. The Bertz CT molecular complexity index is 1100. The van der Waals surface area contributed by atoms with Gasteiger partial charge < -0.3 is 4.90 Å². The molecule has 0 aliphatic carbocycles. The standard InChI is InChI=1S/C20H21N5O5/c1-20(2,3)24-16-6-7-22(10-12(16)9-21-24)17(26)11-23-18(27)14-5-4-13(25(29)30)8-15(14)19(23)28/h4-5,8-9H,6-7,10-11H2,1-3H3. The molecule has 2 aromatic rings. The summed E-state index contributed by atoms with van der Waals surface area (Å²) in [6, 6.07) is 3.51. The molecule has 156 valence electrons. The van der Waals surface area contributed by atoms with Crippen molar-refractivity contribution < 1.29 is 19.3 Å². The van der Waals surface area contributed by atoms with Crippen LogP contribution < -0.4 is 0 Å². The van der Waals surface area contributed by atoms with Gasteiger partial charge in [-0.3, -0.25) is 34.1 Å². The monoisotopic (exact) mass is 411 g/mol. The number of amides is 3. The minimum atomic E-state index is -0.690. The summed E-state index contributed by atoms with van der Waals surface area (Å²) in [6.07, 6.45) is 2.38. The molecule has 0 radical (unpaired) electrons. The minimum absolute atomic E-state index is 0.0469. The maximum Gasteiger partial charge on any atom is 0.270 e. The van der Waals surface area contributed by atoms with Crippen LogP contribution in [0, 0.1) is 10.1 Å². The maximum atomic E-state index is 12.8. The Morgan fingerprint density at radius 2 is 1.90 bits per heavy atom. The van der Waals surface area contributed by atoms with E-state index < -0.39 is 23.3 Å². The van der Waals surface area contributed by atoms with E-state index in [0.29, 0.717) is 19.5 Å². The van der Waals surface area contributed by atoms with Gasteiger partial charge in [-0.1, -0.05) is 0 Å². The molecule has 3 heterocycles. The Balaban J connectivity index is 1.50. The van der Waals surface area contributed by atoms with E-state index in [2.05, 4.69) is 25.9 Å². The molecule has 4 rings (SSSR count). The van der Waals surface area contributed by atoms with E-state index in [1.54, 1.807) is 11.1 Å². The van der Waals surface area contributed by atoms with Crippen molar-refractivity contribution in [1.82, 2.24) is 19.6 Å². The van der Waals surface area contributed by atoms with Gasteiger partial charge in [-0.25, -0.2) is 0 Å². The van der Waals surface area contributed by atoms with Gasteiger partial charge in [0.15, 0.2) is 0 Å². The van der Waals surface area contributed by atoms with Crippen LogP contribution in [0.5, 0.6) is 0 Å². The minimum Gasteiger partial charge on any atom is -0.336 e. The van der Waals surface area contributed by atoms with E-state index in [-0.39, 0.29) is 28.3 Å². The first kappa shape index (κ1) is 19.7. The number of hydrogen-bond acceptors (Lipinski definition) is 6. The lowest BCUT2D eigenvalue weighted by atomic mass is 10.0. The Morgan fingerprint density at radius 1 is 1.20 bits per heavy atom. The quantitative estimate of drug-likeness (QED) is 0.431. The fourth-order valence-corrected chi connectivity index (χ4v) is 3.89. The van der Waals surface area contributed by atoms with Crippen LogP contribution in [0.1, 0.15) is 52.7 Å². The van der Waals surface area contributed by atoms with Crippen molar-refractivity contribution in [1.29, 1.82) is 0 Å². The van der Waals surface area contributed by atoms with Gasteiger partial charge in [-0.05, 0) is 26.8 Å². The van der Waals surface area contributed by atoms with E-state index in [0.717, 1.165) is 22.2 Å². The van der Waals surface area contributed by atoms with Crippen LogP contribution in [-0.4, -0.2) is 55.3 Å². The second kappa shape index (κ2) is 6.75. The molecule has 0 saturated carbocycles. The number of carbonyl (C=O) groups excluding carboxylic acids is 3. The molecule has 1 aromatic carbocycles. The fourth-order valence-electron chi connectivity index (χ4n) is 3.89. The number of aromatic nitrogens is 2. The molecule has 10 nitrogen and oxygen atoms in total. The van der Waals surface area contributed by atoms with Crippen LogP contribution in [0.15, 0.2) is 24.4 Å².